The smallest absolute Gasteiger partial charge is 0.255 e. The normalized spacial score (nSPS) is 10.5. The molecule has 34 heavy (non-hydrogen) atoms. The maximum Gasteiger partial charge on any atom is 0.255 e. The molecule has 0 saturated heterocycles. The summed E-state index contributed by atoms with van der Waals surface area (Å²) in [6.45, 7) is 0.763. The van der Waals surface area contributed by atoms with Crippen LogP contribution in [0.4, 0.5) is 10.2 Å². The van der Waals surface area contributed by atoms with E-state index >= 15 is 0 Å². The van der Waals surface area contributed by atoms with E-state index in [2.05, 4.69) is 26.8 Å². The molecule has 4 aromatic rings. The first-order valence-electron chi connectivity index (χ1n) is 10.8. The Morgan fingerprint density at radius 2 is 1.97 bits per heavy atom. The van der Waals surface area contributed by atoms with E-state index in [1.54, 1.807) is 41.2 Å². The standard InChI is InChI=1S/C26H23FN6O/c1-33-21(12-14-31-33)17-30-26(34)23-9-10-24(22-8-3-2-6-19(22)16-28)32-25(23)29-13-11-18-5-4-7-20(27)15-18/h2-10,12,14-15H,11,13,17H2,1H3,(H,29,32)(H,30,34). The van der Waals surface area contributed by atoms with Gasteiger partial charge in [0.2, 0.25) is 0 Å². The number of rotatable bonds is 8. The molecule has 4 rings (SSSR count). The van der Waals surface area contributed by atoms with Crippen LogP contribution in [0.25, 0.3) is 11.3 Å². The summed E-state index contributed by atoms with van der Waals surface area (Å²) in [7, 11) is 1.81. The van der Waals surface area contributed by atoms with Crippen molar-refractivity contribution in [2.75, 3.05) is 11.9 Å². The predicted octanol–water partition coefficient (Wildman–Crippen LogP) is 4.08. The number of anilines is 1. The molecule has 0 bridgehead atoms. The third kappa shape index (κ3) is 5.27. The van der Waals surface area contributed by atoms with Crippen molar-refractivity contribution in [2.45, 2.75) is 13.0 Å². The zero-order valence-corrected chi connectivity index (χ0v) is 18.6. The third-order valence-electron chi connectivity index (χ3n) is 5.41. The van der Waals surface area contributed by atoms with Gasteiger partial charge < -0.3 is 10.6 Å². The number of hydrogen-bond acceptors (Lipinski definition) is 5. The molecule has 0 aliphatic rings. The number of hydrogen-bond donors (Lipinski definition) is 2. The number of halogens is 1. The van der Waals surface area contributed by atoms with Crippen LogP contribution >= 0.6 is 0 Å². The second-order valence-electron chi connectivity index (χ2n) is 7.69. The Morgan fingerprint density at radius 1 is 1.12 bits per heavy atom. The van der Waals surface area contributed by atoms with Crippen molar-refractivity contribution in [2.24, 2.45) is 7.05 Å². The Bertz CT molecular complexity index is 1360. The fraction of sp³-hybridized carbons (Fsp3) is 0.154. The number of carbonyl (C=O) groups excluding carboxylic acids is 1. The Labute approximate surface area is 196 Å². The maximum atomic E-state index is 13.5. The number of benzene rings is 2. The maximum absolute atomic E-state index is 13.5. The van der Waals surface area contributed by atoms with Crippen molar-refractivity contribution >= 4 is 11.7 Å². The first-order chi connectivity index (χ1) is 16.5. The third-order valence-corrected chi connectivity index (χ3v) is 5.41. The number of pyridine rings is 1. The van der Waals surface area contributed by atoms with Crippen LogP contribution in [0.5, 0.6) is 0 Å². The molecule has 2 N–H and O–H groups in total. The lowest BCUT2D eigenvalue weighted by Gasteiger charge is -2.14. The number of nitrogens with zero attached hydrogens (tertiary/aromatic N) is 4. The fourth-order valence-corrected chi connectivity index (χ4v) is 3.59. The lowest BCUT2D eigenvalue weighted by Crippen LogP contribution is -2.25. The lowest BCUT2D eigenvalue weighted by molar-refractivity contribution is 0.0950. The summed E-state index contributed by atoms with van der Waals surface area (Å²) in [6.07, 6.45) is 2.22. The monoisotopic (exact) mass is 454 g/mol. The molecule has 0 fully saturated rings. The predicted molar refractivity (Wildman–Crippen MR) is 127 cm³/mol. The first-order valence-corrected chi connectivity index (χ1v) is 10.8. The average molecular weight is 455 g/mol. The second-order valence-corrected chi connectivity index (χ2v) is 7.69. The Kier molecular flexibility index (Phi) is 6.94. The summed E-state index contributed by atoms with van der Waals surface area (Å²) < 4.78 is 15.2. The molecule has 2 aromatic carbocycles. The van der Waals surface area contributed by atoms with Gasteiger partial charge in [-0.15, -0.1) is 0 Å². The van der Waals surface area contributed by atoms with Crippen molar-refractivity contribution in [3.05, 3.63) is 101 Å². The van der Waals surface area contributed by atoms with Gasteiger partial charge in [0.05, 0.1) is 35.1 Å². The van der Waals surface area contributed by atoms with Crippen molar-refractivity contribution in [3.63, 3.8) is 0 Å². The molecule has 2 aromatic heterocycles. The van der Waals surface area contributed by atoms with Gasteiger partial charge in [-0.05, 0) is 48.4 Å². The summed E-state index contributed by atoms with van der Waals surface area (Å²) in [5, 5.41) is 19.7. The van der Waals surface area contributed by atoms with Crippen LogP contribution in [0.1, 0.15) is 27.2 Å². The molecule has 1 amide bonds. The van der Waals surface area contributed by atoms with E-state index in [1.807, 2.05) is 31.3 Å². The molecule has 0 unspecified atom stereocenters. The topological polar surface area (TPSA) is 95.6 Å². The number of aromatic nitrogens is 3. The highest BCUT2D eigenvalue weighted by molar-refractivity contribution is 5.99. The number of nitriles is 1. The second kappa shape index (κ2) is 10.4. The van der Waals surface area contributed by atoms with Crippen LogP contribution in [0.3, 0.4) is 0 Å². The summed E-state index contributed by atoms with van der Waals surface area (Å²) in [5.41, 5.74) is 3.82. The molecular formula is C26H23FN6O. The minimum Gasteiger partial charge on any atom is -0.369 e. The van der Waals surface area contributed by atoms with Crippen molar-refractivity contribution in [1.29, 1.82) is 5.26 Å². The molecule has 0 saturated carbocycles. The van der Waals surface area contributed by atoms with E-state index in [0.29, 0.717) is 47.7 Å². The van der Waals surface area contributed by atoms with Gasteiger partial charge in [-0.1, -0.05) is 30.3 Å². The van der Waals surface area contributed by atoms with E-state index < -0.39 is 0 Å². The van der Waals surface area contributed by atoms with Gasteiger partial charge in [0.15, 0.2) is 0 Å². The number of carbonyl (C=O) groups is 1. The van der Waals surface area contributed by atoms with Gasteiger partial charge >= 0.3 is 0 Å². The lowest BCUT2D eigenvalue weighted by atomic mass is 10.0. The molecule has 0 spiro atoms. The van der Waals surface area contributed by atoms with Gasteiger partial charge in [-0.2, -0.15) is 10.4 Å². The number of nitrogens with one attached hydrogen (secondary N) is 2. The van der Waals surface area contributed by atoms with Gasteiger partial charge in [-0.3, -0.25) is 9.48 Å². The Hall–Kier alpha value is -4.51. The summed E-state index contributed by atoms with van der Waals surface area (Å²) in [4.78, 5) is 17.7. The van der Waals surface area contributed by atoms with E-state index in [1.165, 1.54) is 12.1 Å². The van der Waals surface area contributed by atoms with Crippen molar-refractivity contribution < 1.29 is 9.18 Å². The average Bonchev–Trinajstić information content (AvgIpc) is 3.27. The number of amides is 1. The molecule has 170 valence electrons. The highest BCUT2D eigenvalue weighted by Gasteiger charge is 2.16. The molecule has 0 aliphatic carbocycles. The largest absolute Gasteiger partial charge is 0.369 e. The summed E-state index contributed by atoms with van der Waals surface area (Å²) in [6, 6.07) is 21.0. The fourth-order valence-electron chi connectivity index (χ4n) is 3.59. The van der Waals surface area contributed by atoms with Crippen molar-refractivity contribution in [3.8, 4) is 17.3 Å². The van der Waals surface area contributed by atoms with E-state index in [4.69, 9.17) is 0 Å². The van der Waals surface area contributed by atoms with Crippen LogP contribution in [0.2, 0.25) is 0 Å². The summed E-state index contributed by atoms with van der Waals surface area (Å²) in [5.74, 6) is -0.188. The van der Waals surface area contributed by atoms with Crippen LogP contribution in [0, 0.1) is 17.1 Å². The van der Waals surface area contributed by atoms with Gasteiger partial charge in [0.1, 0.15) is 11.6 Å². The Balaban J connectivity index is 1.59. The highest BCUT2D eigenvalue weighted by Crippen LogP contribution is 2.25. The highest BCUT2D eigenvalue weighted by atomic mass is 19.1. The van der Waals surface area contributed by atoms with E-state index in [9.17, 15) is 14.4 Å². The zero-order valence-electron chi connectivity index (χ0n) is 18.6. The molecule has 0 aliphatic heterocycles. The van der Waals surface area contributed by atoms with Crippen molar-refractivity contribution in [1.82, 2.24) is 20.1 Å². The molecule has 0 radical (unpaired) electrons. The molecule has 2 heterocycles. The van der Waals surface area contributed by atoms with E-state index in [0.717, 1.165) is 11.3 Å². The Morgan fingerprint density at radius 3 is 2.74 bits per heavy atom. The molecule has 0 atom stereocenters. The molecular weight excluding hydrogens is 431 g/mol. The van der Waals surface area contributed by atoms with Gasteiger partial charge in [0, 0.05) is 25.4 Å². The number of aryl methyl sites for hydroxylation is 1. The van der Waals surface area contributed by atoms with E-state index in [-0.39, 0.29) is 11.7 Å². The SMILES string of the molecule is Cn1nccc1CNC(=O)c1ccc(-c2ccccc2C#N)nc1NCCc1cccc(F)c1. The van der Waals surface area contributed by atoms with Crippen LogP contribution in [-0.2, 0) is 20.0 Å². The minimum absolute atomic E-state index is 0.290. The van der Waals surface area contributed by atoms with Crippen LogP contribution in [-0.4, -0.2) is 27.2 Å². The first kappa shape index (κ1) is 22.7. The zero-order chi connectivity index (χ0) is 23.9. The molecule has 7 nitrogen and oxygen atoms in total. The van der Waals surface area contributed by atoms with Crippen LogP contribution < -0.4 is 10.6 Å². The van der Waals surface area contributed by atoms with Gasteiger partial charge in [-0.25, -0.2) is 9.37 Å². The molecule has 8 heteroatoms. The quantitative estimate of drug-likeness (QED) is 0.418. The summed E-state index contributed by atoms with van der Waals surface area (Å²) >= 11 is 0. The van der Waals surface area contributed by atoms with Crippen LogP contribution in [0.15, 0.2) is 72.9 Å². The van der Waals surface area contributed by atoms with Gasteiger partial charge in [0.25, 0.3) is 5.91 Å². The minimum atomic E-state index is -0.291.